The maximum atomic E-state index is 11.3. The number of hydrogen-bond donors (Lipinski definition) is 2. The Kier molecular flexibility index (Phi) is 13.1. The molecule has 2 rings (SSSR count). The third-order valence-electron chi connectivity index (χ3n) is 4.85. The average Bonchev–Trinajstić information content (AvgIpc) is 2.70. The first-order chi connectivity index (χ1) is 13.9. The van der Waals surface area contributed by atoms with Crippen LogP contribution in [-0.4, -0.2) is 13.0 Å². The lowest BCUT2D eigenvalue weighted by Gasteiger charge is -2.07. The summed E-state index contributed by atoms with van der Waals surface area (Å²) in [5.74, 6) is 0. The molecule has 0 unspecified atom stereocenters. The number of hydrogen-bond acceptors (Lipinski definition) is 3. The van der Waals surface area contributed by atoms with E-state index >= 15 is 0 Å². The number of unbranched alkanes of at least 4 members (excludes halogenated alkanes) is 9. The van der Waals surface area contributed by atoms with Gasteiger partial charge in [0.25, 0.3) is 10.1 Å². The second-order valence-corrected chi connectivity index (χ2v) is 8.82. The van der Waals surface area contributed by atoms with Gasteiger partial charge in [-0.25, -0.2) is 0 Å². The van der Waals surface area contributed by atoms with Crippen molar-refractivity contribution in [3.05, 3.63) is 60.2 Å². The molecule has 5 heteroatoms. The van der Waals surface area contributed by atoms with E-state index in [0.717, 1.165) is 24.1 Å². The van der Waals surface area contributed by atoms with Gasteiger partial charge in [0.1, 0.15) is 0 Å². The van der Waals surface area contributed by atoms with E-state index in [4.69, 9.17) is 5.73 Å². The van der Waals surface area contributed by atoms with Gasteiger partial charge in [-0.2, -0.15) is 8.42 Å². The Balaban J connectivity index is 0.000000502. The molecule has 29 heavy (non-hydrogen) atoms. The second kappa shape index (κ2) is 15.1. The molecule has 4 nitrogen and oxygen atoms in total. The Morgan fingerprint density at radius 2 is 1.21 bits per heavy atom. The zero-order valence-corrected chi connectivity index (χ0v) is 18.5. The SMILES string of the molecule is CCCCCCCCCCCCc1ccccc1S(=O)(=O)O.Nc1ccccc1. The maximum absolute atomic E-state index is 11.3. The molecular formula is C24H37NO3S. The molecule has 0 fully saturated rings. The molecule has 0 radical (unpaired) electrons. The summed E-state index contributed by atoms with van der Waals surface area (Å²) < 4.78 is 31.8. The number of benzene rings is 2. The Labute approximate surface area is 177 Å². The molecule has 0 bridgehead atoms. The highest BCUT2D eigenvalue weighted by atomic mass is 32.2. The topological polar surface area (TPSA) is 80.4 Å². The fraction of sp³-hybridized carbons (Fsp3) is 0.500. The Morgan fingerprint density at radius 3 is 1.69 bits per heavy atom. The van der Waals surface area contributed by atoms with Gasteiger partial charge in [0.15, 0.2) is 0 Å². The molecular weight excluding hydrogens is 382 g/mol. The number of nitrogen functional groups attached to an aromatic ring is 1. The Morgan fingerprint density at radius 1 is 0.724 bits per heavy atom. The van der Waals surface area contributed by atoms with Crippen molar-refractivity contribution in [3.63, 3.8) is 0 Å². The van der Waals surface area contributed by atoms with Crippen LogP contribution in [0.15, 0.2) is 59.5 Å². The first kappa shape index (κ1) is 25.2. The molecule has 3 N–H and O–H groups in total. The van der Waals surface area contributed by atoms with Crippen molar-refractivity contribution < 1.29 is 13.0 Å². The van der Waals surface area contributed by atoms with E-state index in [9.17, 15) is 13.0 Å². The summed E-state index contributed by atoms with van der Waals surface area (Å²) in [7, 11) is -4.10. The van der Waals surface area contributed by atoms with E-state index in [-0.39, 0.29) is 4.90 Å². The Bertz CT molecular complexity index is 761. The minimum Gasteiger partial charge on any atom is -0.399 e. The zero-order valence-electron chi connectivity index (χ0n) is 17.7. The van der Waals surface area contributed by atoms with Crippen molar-refractivity contribution in [1.82, 2.24) is 0 Å². The van der Waals surface area contributed by atoms with Crippen LogP contribution in [0.1, 0.15) is 76.7 Å². The van der Waals surface area contributed by atoms with E-state index in [1.807, 2.05) is 36.4 Å². The van der Waals surface area contributed by atoms with Crippen molar-refractivity contribution >= 4 is 15.8 Å². The molecule has 0 heterocycles. The van der Waals surface area contributed by atoms with E-state index < -0.39 is 10.1 Å². The largest absolute Gasteiger partial charge is 0.399 e. The van der Waals surface area contributed by atoms with Gasteiger partial charge < -0.3 is 5.73 Å². The first-order valence-electron chi connectivity index (χ1n) is 10.8. The fourth-order valence-corrected chi connectivity index (χ4v) is 3.97. The monoisotopic (exact) mass is 419 g/mol. The van der Waals surface area contributed by atoms with Gasteiger partial charge in [-0.15, -0.1) is 0 Å². The summed E-state index contributed by atoms with van der Waals surface area (Å²) in [6, 6.07) is 16.2. The van der Waals surface area contributed by atoms with Crippen molar-refractivity contribution in [2.45, 2.75) is 82.4 Å². The second-order valence-electron chi connectivity index (χ2n) is 7.43. The molecule has 0 amide bonds. The van der Waals surface area contributed by atoms with Gasteiger partial charge in [-0.05, 0) is 36.6 Å². The summed E-state index contributed by atoms with van der Waals surface area (Å²) in [4.78, 5) is 0.0610. The van der Waals surface area contributed by atoms with Crippen LogP contribution >= 0.6 is 0 Å². The number of aryl methyl sites for hydroxylation is 1. The Hall–Kier alpha value is -1.85. The van der Waals surface area contributed by atoms with Crippen LogP contribution in [0.4, 0.5) is 5.69 Å². The standard InChI is InChI=1S/C18H30O3S.C6H7N/c1-2-3-4-5-6-7-8-9-10-11-14-17-15-12-13-16-18(17)22(19,20)21;7-6-4-2-1-3-5-6/h12-13,15-16H,2-11,14H2,1H3,(H,19,20,21);1-5H,7H2. The van der Waals surface area contributed by atoms with Gasteiger partial charge >= 0.3 is 0 Å². The molecule has 2 aromatic rings. The van der Waals surface area contributed by atoms with Gasteiger partial charge in [0.2, 0.25) is 0 Å². The average molecular weight is 420 g/mol. The fourth-order valence-electron chi connectivity index (χ4n) is 3.22. The number of anilines is 1. The smallest absolute Gasteiger partial charge is 0.294 e. The summed E-state index contributed by atoms with van der Waals surface area (Å²) in [5, 5.41) is 0. The molecule has 0 saturated carbocycles. The van der Waals surface area contributed by atoms with E-state index in [1.54, 1.807) is 12.1 Å². The van der Waals surface area contributed by atoms with Crippen LogP contribution in [0, 0.1) is 0 Å². The molecule has 0 atom stereocenters. The molecule has 2 aromatic carbocycles. The third kappa shape index (κ3) is 12.3. The van der Waals surface area contributed by atoms with Crippen LogP contribution in [-0.2, 0) is 16.5 Å². The predicted molar refractivity (Wildman–Crippen MR) is 123 cm³/mol. The minimum absolute atomic E-state index is 0.0610. The van der Waals surface area contributed by atoms with Crippen LogP contribution in [0.5, 0.6) is 0 Å². The zero-order chi connectivity index (χ0) is 21.4. The summed E-state index contributed by atoms with van der Waals surface area (Å²) in [6.07, 6.45) is 13.3. The number of nitrogens with two attached hydrogens (primary N) is 1. The highest BCUT2D eigenvalue weighted by Gasteiger charge is 2.13. The molecule has 0 aromatic heterocycles. The van der Waals surface area contributed by atoms with E-state index in [2.05, 4.69) is 6.92 Å². The molecule has 162 valence electrons. The minimum atomic E-state index is -4.10. The van der Waals surface area contributed by atoms with Crippen LogP contribution in [0.2, 0.25) is 0 Å². The van der Waals surface area contributed by atoms with Gasteiger partial charge in [0.05, 0.1) is 4.90 Å². The van der Waals surface area contributed by atoms with Gasteiger partial charge in [0, 0.05) is 5.69 Å². The molecule has 0 saturated heterocycles. The molecule has 0 aliphatic carbocycles. The third-order valence-corrected chi connectivity index (χ3v) is 5.80. The lowest BCUT2D eigenvalue weighted by molar-refractivity contribution is 0.481. The lowest BCUT2D eigenvalue weighted by atomic mass is 10.0. The van der Waals surface area contributed by atoms with E-state index in [1.165, 1.54) is 57.4 Å². The van der Waals surface area contributed by atoms with Crippen molar-refractivity contribution in [2.75, 3.05) is 5.73 Å². The van der Waals surface area contributed by atoms with Crippen molar-refractivity contribution in [2.24, 2.45) is 0 Å². The number of para-hydroxylation sites is 1. The molecule has 0 spiro atoms. The summed E-state index contributed by atoms with van der Waals surface area (Å²) in [6.45, 7) is 2.24. The molecule has 0 aliphatic heterocycles. The summed E-state index contributed by atoms with van der Waals surface area (Å²) in [5.41, 5.74) is 6.91. The normalized spacial score (nSPS) is 11.0. The maximum Gasteiger partial charge on any atom is 0.294 e. The van der Waals surface area contributed by atoms with Gasteiger partial charge in [-0.1, -0.05) is 101 Å². The molecule has 0 aliphatic rings. The van der Waals surface area contributed by atoms with Crippen LogP contribution in [0.25, 0.3) is 0 Å². The summed E-state index contributed by atoms with van der Waals surface area (Å²) >= 11 is 0. The highest BCUT2D eigenvalue weighted by Crippen LogP contribution is 2.18. The van der Waals surface area contributed by atoms with Crippen LogP contribution in [0.3, 0.4) is 0 Å². The first-order valence-corrected chi connectivity index (χ1v) is 12.2. The highest BCUT2D eigenvalue weighted by molar-refractivity contribution is 7.85. The van der Waals surface area contributed by atoms with Crippen LogP contribution < -0.4 is 5.73 Å². The predicted octanol–water partition coefficient (Wildman–Crippen LogP) is 6.67. The van der Waals surface area contributed by atoms with Crippen molar-refractivity contribution in [1.29, 1.82) is 0 Å². The number of rotatable bonds is 12. The van der Waals surface area contributed by atoms with Crippen molar-refractivity contribution in [3.8, 4) is 0 Å². The van der Waals surface area contributed by atoms with Gasteiger partial charge in [-0.3, -0.25) is 4.55 Å². The lowest BCUT2D eigenvalue weighted by Crippen LogP contribution is -2.03. The quantitative estimate of drug-likeness (QED) is 0.229. The van der Waals surface area contributed by atoms with E-state index in [0.29, 0.717) is 6.42 Å².